The summed E-state index contributed by atoms with van der Waals surface area (Å²) in [5.74, 6) is 0.476. The van der Waals surface area contributed by atoms with Crippen LogP contribution in [0.5, 0.6) is 0 Å². The maximum atomic E-state index is 12.8. The van der Waals surface area contributed by atoms with E-state index in [9.17, 15) is 4.79 Å². The minimum atomic E-state index is 0.171. The summed E-state index contributed by atoms with van der Waals surface area (Å²) in [5.41, 5.74) is 2.66. The first-order valence-corrected chi connectivity index (χ1v) is 10.3. The Morgan fingerprint density at radius 1 is 1.00 bits per heavy atom. The van der Waals surface area contributed by atoms with Gasteiger partial charge in [-0.15, -0.1) is 0 Å². The van der Waals surface area contributed by atoms with E-state index in [2.05, 4.69) is 41.4 Å². The molecule has 1 aromatic rings. The van der Waals surface area contributed by atoms with Gasteiger partial charge in [-0.05, 0) is 44.7 Å². The highest BCUT2D eigenvalue weighted by Crippen LogP contribution is 2.21. The highest BCUT2D eigenvalue weighted by Gasteiger charge is 2.27. The first kappa shape index (κ1) is 18.4. The van der Waals surface area contributed by atoms with Crippen molar-refractivity contribution in [3.05, 3.63) is 35.4 Å². The van der Waals surface area contributed by atoms with Gasteiger partial charge in [0.2, 0.25) is 5.91 Å². The van der Waals surface area contributed by atoms with Crippen LogP contribution in [0.1, 0.15) is 68.9 Å². The lowest BCUT2D eigenvalue weighted by molar-refractivity contribution is -0.127. The Morgan fingerprint density at radius 2 is 1.68 bits per heavy atom. The van der Waals surface area contributed by atoms with Crippen molar-refractivity contribution < 1.29 is 4.79 Å². The van der Waals surface area contributed by atoms with Crippen LogP contribution in [0.3, 0.4) is 0 Å². The molecule has 1 saturated heterocycles. The van der Waals surface area contributed by atoms with Crippen molar-refractivity contribution in [2.45, 2.75) is 77.3 Å². The van der Waals surface area contributed by atoms with Crippen LogP contribution < -0.4 is 5.32 Å². The lowest BCUT2D eigenvalue weighted by atomic mass is 9.93. The van der Waals surface area contributed by atoms with Gasteiger partial charge in [0.1, 0.15) is 0 Å². The topological polar surface area (TPSA) is 32.3 Å². The van der Waals surface area contributed by atoms with Gasteiger partial charge in [-0.2, -0.15) is 0 Å². The van der Waals surface area contributed by atoms with Crippen LogP contribution in [-0.2, 0) is 11.3 Å². The monoisotopic (exact) mass is 342 g/mol. The lowest BCUT2D eigenvalue weighted by Crippen LogP contribution is -2.45. The summed E-state index contributed by atoms with van der Waals surface area (Å²) in [7, 11) is 0. The molecule has 3 rings (SSSR count). The van der Waals surface area contributed by atoms with Crippen LogP contribution in [0.4, 0.5) is 0 Å². The van der Waals surface area contributed by atoms with Crippen molar-refractivity contribution in [1.29, 1.82) is 0 Å². The number of hydrogen-bond acceptors (Lipinski definition) is 2. The van der Waals surface area contributed by atoms with Crippen LogP contribution in [0.2, 0.25) is 0 Å². The number of carbonyl (C=O) groups is 1. The van der Waals surface area contributed by atoms with Gasteiger partial charge in [0.05, 0.1) is 5.92 Å². The normalized spacial score (nSPS) is 23.6. The van der Waals surface area contributed by atoms with Crippen molar-refractivity contribution in [3.8, 4) is 0 Å². The van der Waals surface area contributed by atoms with Crippen LogP contribution in [-0.4, -0.2) is 29.9 Å². The number of nitrogens with zero attached hydrogens (tertiary/aromatic N) is 1. The Labute approximate surface area is 153 Å². The number of benzene rings is 1. The van der Waals surface area contributed by atoms with Crippen molar-refractivity contribution in [2.75, 3.05) is 13.1 Å². The van der Waals surface area contributed by atoms with Gasteiger partial charge in [-0.25, -0.2) is 0 Å². The number of carbonyl (C=O) groups excluding carboxylic acids is 1. The van der Waals surface area contributed by atoms with E-state index >= 15 is 0 Å². The van der Waals surface area contributed by atoms with Crippen molar-refractivity contribution >= 4 is 5.91 Å². The van der Waals surface area contributed by atoms with E-state index in [1.807, 2.05) is 0 Å². The molecule has 0 spiro atoms. The van der Waals surface area contributed by atoms with E-state index in [1.54, 1.807) is 0 Å². The van der Waals surface area contributed by atoms with Crippen LogP contribution >= 0.6 is 0 Å². The summed E-state index contributed by atoms with van der Waals surface area (Å²) in [6.07, 6.45) is 11.1. The Balaban J connectivity index is 1.49. The lowest BCUT2D eigenvalue weighted by Gasteiger charge is -2.33. The molecule has 2 aliphatic rings. The Bertz CT molecular complexity index is 531. The van der Waals surface area contributed by atoms with E-state index in [4.69, 9.17) is 0 Å². The van der Waals surface area contributed by atoms with E-state index < -0.39 is 0 Å². The number of piperidine rings is 1. The molecule has 1 aromatic carbocycles. The molecule has 1 aliphatic carbocycles. The molecule has 138 valence electrons. The molecule has 1 atom stereocenters. The Kier molecular flexibility index (Phi) is 6.92. The number of aryl methyl sites for hydroxylation is 1. The number of hydrogen-bond donors (Lipinski definition) is 1. The minimum Gasteiger partial charge on any atom is -0.353 e. The summed E-state index contributed by atoms with van der Waals surface area (Å²) >= 11 is 0. The molecule has 2 fully saturated rings. The summed E-state index contributed by atoms with van der Waals surface area (Å²) in [6, 6.07) is 9.21. The average Bonchev–Trinajstić information content (AvgIpc) is 2.59. The number of likely N-dealkylation sites (tertiary alicyclic amines) is 1. The fourth-order valence-electron chi connectivity index (χ4n) is 4.28. The van der Waals surface area contributed by atoms with E-state index in [-0.39, 0.29) is 5.92 Å². The zero-order valence-corrected chi connectivity index (χ0v) is 15.8. The molecule has 1 heterocycles. The van der Waals surface area contributed by atoms with Gasteiger partial charge in [0.15, 0.2) is 0 Å². The molecule has 1 aliphatic heterocycles. The standard InChI is InChI=1S/C22H34N2O/c1-18-11-13-19(14-12-18)16-24-15-7-8-20(17-24)22(25)23-21-9-5-3-2-4-6-10-21/h11-14,20-21H,2-10,15-17H2,1H3,(H,23,25). The number of rotatable bonds is 4. The Morgan fingerprint density at radius 3 is 2.40 bits per heavy atom. The third kappa shape index (κ3) is 5.85. The molecule has 3 nitrogen and oxygen atoms in total. The highest BCUT2D eigenvalue weighted by molar-refractivity contribution is 5.79. The maximum absolute atomic E-state index is 12.8. The first-order chi connectivity index (χ1) is 12.2. The largest absolute Gasteiger partial charge is 0.353 e. The van der Waals surface area contributed by atoms with Crippen LogP contribution in [0.15, 0.2) is 24.3 Å². The van der Waals surface area contributed by atoms with Gasteiger partial charge in [0.25, 0.3) is 0 Å². The van der Waals surface area contributed by atoms with Gasteiger partial charge >= 0.3 is 0 Å². The van der Waals surface area contributed by atoms with E-state index in [0.29, 0.717) is 11.9 Å². The van der Waals surface area contributed by atoms with Gasteiger partial charge in [-0.1, -0.05) is 61.9 Å². The Hall–Kier alpha value is -1.35. The quantitative estimate of drug-likeness (QED) is 0.877. The maximum Gasteiger partial charge on any atom is 0.224 e. The van der Waals surface area contributed by atoms with Crippen LogP contribution in [0.25, 0.3) is 0 Å². The molecule has 1 saturated carbocycles. The number of amides is 1. The van der Waals surface area contributed by atoms with E-state index in [0.717, 1.165) is 32.5 Å². The second-order valence-corrected chi connectivity index (χ2v) is 8.11. The average molecular weight is 343 g/mol. The summed E-state index contributed by atoms with van der Waals surface area (Å²) in [6.45, 7) is 5.11. The zero-order valence-electron chi connectivity index (χ0n) is 15.8. The fraction of sp³-hybridized carbons (Fsp3) is 0.682. The van der Waals surface area contributed by atoms with Crippen LogP contribution in [0, 0.1) is 12.8 Å². The smallest absolute Gasteiger partial charge is 0.224 e. The molecule has 0 radical (unpaired) electrons. The molecular formula is C22H34N2O. The predicted molar refractivity (Wildman–Crippen MR) is 103 cm³/mol. The van der Waals surface area contributed by atoms with Gasteiger partial charge < -0.3 is 5.32 Å². The molecule has 25 heavy (non-hydrogen) atoms. The molecule has 0 aromatic heterocycles. The third-order valence-electron chi connectivity index (χ3n) is 5.85. The molecular weight excluding hydrogens is 308 g/mol. The van der Waals surface area contributed by atoms with Crippen molar-refractivity contribution in [3.63, 3.8) is 0 Å². The third-order valence-corrected chi connectivity index (χ3v) is 5.85. The minimum absolute atomic E-state index is 0.171. The van der Waals surface area contributed by atoms with Crippen molar-refractivity contribution in [2.24, 2.45) is 5.92 Å². The molecule has 0 bridgehead atoms. The molecule has 3 heteroatoms. The fourth-order valence-corrected chi connectivity index (χ4v) is 4.28. The van der Waals surface area contributed by atoms with Gasteiger partial charge in [-0.3, -0.25) is 9.69 Å². The predicted octanol–water partition coefficient (Wildman–Crippen LogP) is 4.44. The highest BCUT2D eigenvalue weighted by atomic mass is 16.2. The summed E-state index contributed by atoms with van der Waals surface area (Å²) < 4.78 is 0. The second-order valence-electron chi connectivity index (χ2n) is 8.11. The summed E-state index contributed by atoms with van der Waals surface area (Å²) in [4.78, 5) is 15.2. The second kappa shape index (κ2) is 9.38. The molecule has 1 N–H and O–H groups in total. The van der Waals surface area contributed by atoms with Crippen molar-refractivity contribution in [1.82, 2.24) is 10.2 Å². The summed E-state index contributed by atoms with van der Waals surface area (Å²) in [5, 5.41) is 3.38. The molecule has 1 amide bonds. The molecule has 1 unspecified atom stereocenters. The van der Waals surface area contributed by atoms with E-state index in [1.165, 1.54) is 56.1 Å². The van der Waals surface area contributed by atoms with Gasteiger partial charge in [0, 0.05) is 19.1 Å². The first-order valence-electron chi connectivity index (χ1n) is 10.3. The number of nitrogens with one attached hydrogen (secondary N) is 1. The zero-order chi connectivity index (χ0) is 17.5. The SMILES string of the molecule is Cc1ccc(CN2CCCC(C(=O)NC3CCCCCCC3)C2)cc1.